The van der Waals surface area contributed by atoms with Crippen LogP contribution in [0.4, 0.5) is 0 Å². The molecule has 0 aliphatic rings. The summed E-state index contributed by atoms with van der Waals surface area (Å²) in [7, 11) is 1.66. The highest BCUT2D eigenvalue weighted by Crippen LogP contribution is 2.15. The van der Waals surface area contributed by atoms with E-state index in [-0.39, 0.29) is 5.97 Å². The maximum atomic E-state index is 11.9. The lowest BCUT2D eigenvalue weighted by atomic mass is 10.1. The molecule has 0 N–H and O–H groups in total. The van der Waals surface area contributed by atoms with E-state index in [1.54, 1.807) is 49.6 Å². The molecule has 3 heteroatoms. The van der Waals surface area contributed by atoms with Crippen LogP contribution in [0.25, 0.3) is 18.2 Å². The molecular weight excluding hydrogens is 360 g/mol. The van der Waals surface area contributed by atoms with Crippen molar-refractivity contribution >= 4 is 24.2 Å². The largest absolute Gasteiger partial charge is 0.497 e. The molecule has 0 spiro atoms. The monoisotopic (exact) mass is 384 g/mol. The Morgan fingerprint density at radius 2 is 1.03 bits per heavy atom. The van der Waals surface area contributed by atoms with Gasteiger partial charge in [-0.1, -0.05) is 74.4 Å². The summed E-state index contributed by atoms with van der Waals surface area (Å²) in [6, 6.07) is 22.0. The Balaban J connectivity index is 0.000000253. The fraction of sp³-hybridized carbons (Fsp3) is 0.0385. The van der Waals surface area contributed by atoms with E-state index in [1.165, 1.54) is 0 Å². The second kappa shape index (κ2) is 11.1. The van der Waals surface area contributed by atoms with E-state index in [1.807, 2.05) is 48.5 Å². The smallest absolute Gasteiger partial charge is 0.343 e. The Morgan fingerprint density at radius 1 is 0.655 bits per heavy atom. The first-order chi connectivity index (χ1) is 14.1. The summed E-state index contributed by atoms with van der Waals surface area (Å²) in [5, 5.41) is 0. The fourth-order valence-electron chi connectivity index (χ4n) is 2.33. The van der Waals surface area contributed by atoms with Crippen molar-refractivity contribution in [3.05, 3.63) is 115 Å². The van der Waals surface area contributed by atoms with Crippen LogP contribution in [0.15, 0.2) is 92.5 Å². The van der Waals surface area contributed by atoms with Gasteiger partial charge < -0.3 is 9.47 Å². The van der Waals surface area contributed by atoms with Crippen LogP contribution in [0.5, 0.6) is 11.5 Å². The first-order valence-corrected chi connectivity index (χ1v) is 9.03. The van der Waals surface area contributed by atoms with Crippen LogP contribution in [-0.4, -0.2) is 13.1 Å². The highest BCUT2D eigenvalue weighted by atomic mass is 16.5. The molecule has 0 bridgehead atoms. The third kappa shape index (κ3) is 6.67. The summed E-state index contributed by atoms with van der Waals surface area (Å²) in [6.07, 6.45) is 5.27. The van der Waals surface area contributed by atoms with Crippen LogP contribution in [0.2, 0.25) is 0 Å². The van der Waals surface area contributed by atoms with Gasteiger partial charge in [0.05, 0.1) is 12.7 Å². The molecule has 0 heterocycles. The van der Waals surface area contributed by atoms with Crippen molar-refractivity contribution in [3.63, 3.8) is 0 Å². The first-order valence-electron chi connectivity index (χ1n) is 9.03. The Hall–Kier alpha value is -3.85. The van der Waals surface area contributed by atoms with Crippen molar-refractivity contribution in [2.75, 3.05) is 7.11 Å². The Morgan fingerprint density at radius 3 is 1.41 bits per heavy atom. The number of esters is 1. The Labute approximate surface area is 172 Å². The number of carbonyl (C=O) groups excluding carboxylic acids is 1. The van der Waals surface area contributed by atoms with Gasteiger partial charge >= 0.3 is 5.97 Å². The number of hydrogen-bond donors (Lipinski definition) is 0. The van der Waals surface area contributed by atoms with Gasteiger partial charge in [-0.05, 0) is 53.1 Å². The molecule has 29 heavy (non-hydrogen) atoms. The van der Waals surface area contributed by atoms with Gasteiger partial charge in [0.25, 0.3) is 0 Å². The van der Waals surface area contributed by atoms with Crippen LogP contribution >= 0.6 is 0 Å². The van der Waals surface area contributed by atoms with Crippen molar-refractivity contribution in [2.24, 2.45) is 0 Å². The summed E-state index contributed by atoms with van der Waals surface area (Å²) in [4.78, 5) is 11.9. The summed E-state index contributed by atoms with van der Waals surface area (Å²) >= 11 is 0. The van der Waals surface area contributed by atoms with E-state index < -0.39 is 0 Å². The molecule has 0 saturated heterocycles. The van der Waals surface area contributed by atoms with Gasteiger partial charge in [0, 0.05) is 0 Å². The van der Waals surface area contributed by atoms with Crippen molar-refractivity contribution in [1.82, 2.24) is 0 Å². The van der Waals surface area contributed by atoms with Gasteiger partial charge in [-0.2, -0.15) is 0 Å². The van der Waals surface area contributed by atoms with Crippen molar-refractivity contribution in [2.45, 2.75) is 0 Å². The molecule has 0 fully saturated rings. The molecule has 0 saturated carbocycles. The van der Waals surface area contributed by atoms with E-state index in [9.17, 15) is 4.79 Å². The molecule has 0 radical (unpaired) electrons. The molecule has 0 aliphatic heterocycles. The second-order valence-electron chi connectivity index (χ2n) is 5.97. The maximum Gasteiger partial charge on any atom is 0.343 e. The van der Waals surface area contributed by atoms with E-state index in [0.717, 1.165) is 22.4 Å². The Bertz CT molecular complexity index is 950. The first kappa shape index (κ1) is 21.5. The van der Waals surface area contributed by atoms with E-state index in [4.69, 9.17) is 9.47 Å². The number of benzene rings is 3. The average molecular weight is 384 g/mol. The molecule has 146 valence electrons. The molecule has 3 aromatic rings. The van der Waals surface area contributed by atoms with Crippen molar-refractivity contribution in [3.8, 4) is 11.5 Å². The molecule has 0 aliphatic carbocycles. The van der Waals surface area contributed by atoms with Crippen LogP contribution in [-0.2, 0) is 0 Å². The zero-order valence-electron chi connectivity index (χ0n) is 16.5. The zero-order chi connectivity index (χ0) is 21.1. The lowest BCUT2D eigenvalue weighted by molar-refractivity contribution is 0.0735. The van der Waals surface area contributed by atoms with E-state index in [0.29, 0.717) is 11.3 Å². The standard InChI is InChI=1S/C17H14O2.C9H10O/c1-3-13-5-9-15(10-6-13)17(18)19-16-11-7-14(4-2)8-12-16;1-3-8-4-6-9(10-2)7-5-8/h3-12H,1-2H2;3-7H,1H2,2H3. The summed E-state index contributed by atoms with van der Waals surface area (Å²) in [6.45, 7) is 11.0. The Kier molecular flexibility index (Phi) is 8.21. The highest BCUT2D eigenvalue weighted by molar-refractivity contribution is 5.91. The molecule has 3 nitrogen and oxygen atoms in total. The topological polar surface area (TPSA) is 35.5 Å². The third-order valence-corrected chi connectivity index (χ3v) is 4.06. The number of ether oxygens (including phenoxy) is 2. The number of carbonyl (C=O) groups is 1. The molecule has 0 unspecified atom stereocenters. The predicted molar refractivity (Wildman–Crippen MR) is 121 cm³/mol. The minimum atomic E-state index is -0.373. The fourth-order valence-corrected chi connectivity index (χ4v) is 2.33. The van der Waals surface area contributed by atoms with Gasteiger partial charge in [0.1, 0.15) is 11.5 Å². The predicted octanol–water partition coefficient (Wildman–Crippen LogP) is 6.53. The SMILES string of the molecule is C=Cc1ccc(OC(=O)c2ccc(C=C)cc2)cc1.C=Cc1ccc(OC)cc1. The maximum absolute atomic E-state index is 11.9. The van der Waals surface area contributed by atoms with E-state index >= 15 is 0 Å². The van der Waals surface area contributed by atoms with Gasteiger partial charge in [0.2, 0.25) is 0 Å². The number of hydrogen-bond acceptors (Lipinski definition) is 3. The van der Waals surface area contributed by atoms with Crippen LogP contribution < -0.4 is 9.47 Å². The van der Waals surface area contributed by atoms with E-state index in [2.05, 4.69) is 19.7 Å². The molecular formula is C26H24O3. The summed E-state index contributed by atoms with van der Waals surface area (Å²) in [5.41, 5.74) is 3.57. The lowest BCUT2D eigenvalue weighted by Crippen LogP contribution is -2.08. The van der Waals surface area contributed by atoms with Gasteiger partial charge in [-0.3, -0.25) is 0 Å². The molecule has 3 aromatic carbocycles. The number of methoxy groups -OCH3 is 1. The normalized spacial score (nSPS) is 9.41. The minimum absolute atomic E-state index is 0.373. The highest BCUT2D eigenvalue weighted by Gasteiger charge is 2.07. The van der Waals surface area contributed by atoms with Gasteiger partial charge in [0.15, 0.2) is 0 Å². The minimum Gasteiger partial charge on any atom is -0.497 e. The molecule has 3 rings (SSSR count). The molecule has 0 atom stereocenters. The van der Waals surface area contributed by atoms with Gasteiger partial charge in [-0.15, -0.1) is 0 Å². The summed E-state index contributed by atoms with van der Waals surface area (Å²) in [5.74, 6) is 1.02. The average Bonchev–Trinajstić information content (AvgIpc) is 2.80. The van der Waals surface area contributed by atoms with Gasteiger partial charge in [-0.25, -0.2) is 4.79 Å². The van der Waals surface area contributed by atoms with Crippen LogP contribution in [0.1, 0.15) is 27.0 Å². The molecule has 0 amide bonds. The second-order valence-corrected chi connectivity index (χ2v) is 5.97. The third-order valence-electron chi connectivity index (χ3n) is 4.06. The quantitative estimate of drug-likeness (QED) is 0.358. The summed E-state index contributed by atoms with van der Waals surface area (Å²) < 4.78 is 10.3. The van der Waals surface area contributed by atoms with Crippen molar-refractivity contribution < 1.29 is 14.3 Å². The van der Waals surface area contributed by atoms with Crippen LogP contribution in [0, 0.1) is 0 Å². The number of rotatable bonds is 6. The molecule has 0 aromatic heterocycles. The zero-order valence-corrected chi connectivity index (χ0v) is 16.5. The van der Waals surface area contributed by atoms with Crippen LogP contribution in [0.3, 0.4) is 0 Å². The lowest BCUT2D eigenvalue weighted by Gasteiger charge is -2.05. The van der Waals surface area contributed by atoms with Crippen molar-refractivity contribution in [1.29, 1.82) is 0 Å².